The molecule has 0 saturated heterocycles. The molecule has 0 radical (unpaired) electrons. The molecular weight excluding hydrogens is 392 g/mol. The van der Waals surface area contributed by atoms with E-state index >= 15 is 0 Å². The number of hydrogen-bond donors (Lipinski definition) is 1. The maximum atomic E-state index is 13.5. The Bertz CT molecular complexity index is 890. The molecule has 2 aromatic rings. The standard InChI is InChI=1S/C23H32N6O2/c1-16(2)21-22-25-26-27-28(22)15-20(30)29(21)19(14-13-17-9-5-3-6-10-17)23(31)24-18-11-7-4-8-12-18/h3,5-6,9-10,16,18-19,21H,4,7-8,11-15H2,1-2H3,(H,24,31). The number of hydrogen-bond acceptors (Lipinski definition) is 5. The van der Waals surface area contributed by atoms with Crippen LogP contribution < -0.4 is 5.32 Å². The van der Waals surface area contributed by atoms with E-state index in [0.29, 0.717) is 12.2 Å². The van der Waals surface area contributed by atoms with Gasteiger partial charge in [0.25, 0.3) is 0 Å². The third-order valence-corrected chi connectivity index (χ3v) is 6.47. The zero-order chi connectivity index (χ0) is 21.8. The molecule has 2 unspecified atom stereocenters. The maximum Gasteiger partial charge on any atom is 0.245 e. The normalized spacial score (nSPS) is 20.5. The highest BCUT2D eigenvalue weighted by Crippen LogP contribution is 2.33. The van der Waals surface area contributed by atoms with Gasteiger partial charge in [0.15, 0.2) is 5.82 Å². The van der Waals surface area contributed by atoms with Crippen molar-refractivity contribution in [3.63, 3.8) is 0 Å². The third-order valence-electron chi connectivity index (χ3n) is 6.47. The van der Waals surface area contributed by atoms with E-state index in [0.717, 1.165) is 37.7 Å². The minimum Gasteiger partial charge on any atom is -0.352 e. The van der Waals surface area contributed by atoms with Crippen molar-refractivity contribution in [2.24, 2.45) is 5.92 Å². The summed E-state index contributed by atoms with van der Waals surface area (Å²) < 4.78 is 1.57. The number of carbonyl (C=O) groups excluding carboxylic acids is 2. The number of rotatable bonds is 7. The van der Waals surface area contributed by atoms with Crippen LogP contribution in [0.5, 0.6) is 0 Å². The van der Waals surface area contributed by atoms with Crippen molar-refractivity contribution in [3.05, 3.63) is 41.7 Å². The third kappa shape index (κ3) is 4.78. The quantitative estimate of drug-likeness (QED) is 0.738. The van der Waals surface area contributed by atoms with Crippen LogP contribution >= 0.6 is 0 Å². The molecule has 8 heteroatoms. The largest absolute Gasteiger partial charge is 0.352 e. The van der Waals surface area contributed by atoms with Gasteiger partial charge in [-0.1, -0.05) is 63.4 Å². The number of nitrogens with zero attached hydrogens (tertiary/aromatic N) is 5. The number of aromatic nitrogens is 4. The molecule has 31 heavy (non-hydrogen) atoms. The highest BCUT2D eigenvalue weighted by Gasteiger charge is 2.43. The van der Waals surface area contributed by atoms with Crippen molar-refractivity contribution in [1.82, 2.24) is 30.4 Å². The molecule has 1 aliphatic heterocycles. The van der Waals surface area contributed by atoms with Gasteiger partial charge in [0, 0.05) is 6.04 Å². The number of aryl methyl sites for hydroxylation is 1. The van der Waals surface area contributed by atoms with E-state index in [1.807, 2.05) is 32.0 Å². The predicted octanol–water partition coefficient (Wildman–Crippen LogP) is 2.66. The van der Waals surface area contributed by atoms with E-state index in [1.54, 1.807) is 9.58 Å². The molecule has 4 rings (SSSR count). The fraction of sp³-hybridized carbons (Fsp3) is 0.609. The lowest BCUT2D eigenvalue weighted by Crippen LogP contribution is -2.57. The Morgan fingerprint density at radius 3 is 2.61 bits per heavy atom. The zero-order valence-corrected chi connectivity index (χ0v) is 18.4. The summed E-state index contributed by atoms with van der Waals surface area (Å²) in [5, 5.41) is 15.2. The first-order chi connectivity index (χ1) is 15.0. The first-order valence-corrected chi connectivity index (χ1v) is 11.5. The fourth-order valence-corrected chi connectivity index (χ4v) is 4.90. The smallest absolute Gasteiger partial charge is 0.245 e. The molecule has 2 atom stereocenters. The Hall–Kier alpha value is -2.77. The second kappa shape index (κ2) is 9.58. The second-order valence-corrected chi connectivity index (χ2v) is 9.07. The lowest BCUT2D eigenvalue weighted by atomic mass is 9.93. The number of tetrazole rings is 1. The Morgan fingerprint density at radius 2 is 1.90 bits per heavy atom. The van der Waals surface area contributed by atoms with Gasteiger partial charge in [0.05, 0.1) is 6.04 Å². The maximum absolute atomic E-state index is 13.5. The van der Waals surface area contributed by atoms with E-state index < -0.39 is 6.04 Å². The number of benzene rings is 1. The lowest BCUT2D eigenvalue weighted by Gasteiger charge is -2.41. The van der Waals surface area contributed by atoms with E-state index in [9.17, 15) is 9.59 Å². The van der Waals surface area contributed by atoms with Gasteiger partial charge < -0.3 is 10.2 Å². The van der Waals surface area contributed by atoms with Crippen molar-refractivity contribution in [3.8, 4) is 0 Å². The molecule has 1 saturated carbocycles. The molecule has 1 N–H and O–H groups in total. The van der Waals surface area contributed by atoms with Crippen molar-refractivity contribution >= 4 is 11.8 Å². The molecule has 2 heterocycles. The van der Waals surface area contributed by atoms with Crippen LogP contribution in [0.15, 0.2) is 30.3 Å². The molecule has 8 nitrogen and oxygen atoms in total. The average molecular weight is 425 g/mol. The van der Waals surface area contributed by atoms with Crippen molar-refractivity contribution in [1.29, 1.82) is 0 Å². The van der Waals surface area contributed by atoms with E-state index in [1.165, 1.54) is 6.42 Å². The number of fused-ring (bicyclic) bond motifs is 1. The Balaban J connectivity index is 1.61. The van der Waals surface area contributed by atoms with Crippen molar-refractivity contribution in [2.75, 3.05) is 0 Å². The van der Waals surface area contributed by atoms with Gasteiger partial charge in [0.2, 0.25) is 11.8 Å². The zero-order valence-electron chi connectivity index (χ0n) is 18.4. The van der Waals surface area contributed by atoms with Gasteiger partial charge >= 0.3 is 0 Å². The molecule has 166 valence electrons. The first kappa shape index (κ1) is 21.5. The summed E-state index contributed by atoms with van der Waals surface area (Å²) in [6.45, 7) is 4.16. The van der Waals surface area contributed by atoms with Gasteiger partial charge in [0.1, 0.15) is 12.6 Å². The van der Waals surface area contributed by atoms with Gasteiger partial charge in [-0.05, 0) is 47.6 Å². The van der Waals surface area contributed by atoms with Crippen molar-refractivity contribution < 1.29 is 9.59 Å². The van der Waals surface area contributed by atoms with E-state index in [4.69, 9.17) is 0 Å². The van der Waals surface area contributed by atoms with Crippen LogP contribution in [0.4, 0.5) is 0 Å². The molecule has 1 aliphatic carbocycles. The van der Waals surface area contributed by atoms with Crippen LogP contribution in [-0.4, -0.2) is 49.0 Å². The number of amides is 2. The summed E-state index contributed by atoms with van der Waals surface area (Å²) in [5.74, 6) is 0.582. The average Bonchev–Trinajstić information content (AvgIpc) is 3.23. The second-order valence-electron chi connectivity index (χ2n) is 9.07. The molecule has 1 fully saturated rings. The molecular formula is C23H32N6O2. The van der Waals surface area contributed by atoms with Crippen LogP contribution in [0.3, 0.4) is 0 Å². The Morgan fingerprint density at radius 1 is 1.16 bits per heavy atom. The molecule has 2 aliphatic rings. The summed E-state index contributed by atoms with van der Waals surface area (Å²) in [7, 11) is 0. The van der Waals surface area contributed by atoms with Gasteiger partial charge in [-0.2, -0.15) is 0 Å². The van der Waals surface area contributed by atoms with Crippen LogP contribution in [0.25, 0.3) is 0 Å². The summed E-state index contributed by atoms with van der Waals surface area (Å²) in [4.78, 5) is 28.5. The summed E-state index contributed by atoms with van der Waals surface area (Å²) in [6.07, 6.45) is 6.83. The first-order valence-electron chi connectivity index (χ1n) is 11.5. The summed E-state index contributed by atoms with van der Waals surface area (Å²) >= 11 is 0. The monoisotopic (exact) mass is 424 g/mol. The molecule has 1 aromatic carbocycles. The van der Waals surface area contributed by atoms with Crippen LogP contribution in [0.2, 0.25) is 0 Å². The Kier molecular flexibility index (Phi) is 6.63. The number of carbonyl (C=O) groups is 2. The van der Waals surface area contributed by atoms with E-state index in [2.05, 4.69) is 33.0 Å². The van der Waals surface area contributed by atoms with E-state index in [-0.39, 0.29) is 36.4 Å². The summed E-state index contributed by atoms with van der Waals surface area (Å²) in [5.41, 5.74) is 1.16. The predicted molar refractivity (Wildman–Crippen MR) is 116 cm³/mol. The SMILES string of the molecule is CC(C)C1c2nnnn2CC(=O)N1C(CCc1ccccc1)C(=O)NC1CCCCC1. The minimum atomic E-state index is -0.549. The Labute approximate surface area is 183 Å². The molecule has 0 spiro atoms. The highest BCUT2D eigenvalue weighted by atomic mass is 16.2. The topological polar surface area (TPSA) is 93.0 Å². The number of nitrogens with one attached hydrogen (secondary N) is 1. The van der Waals surface area contributed by atoms with Crippen LogP contribution in [-0.2, 0) is 22.6 Å². The van der Waals surface area contributed by atoms with Crippen LogP contribution in [0.1, 0.15) is 69.8 Å². The van der Waals surface area contributed by atoms with Gasteiger partial charge in [-0.3, -0.25) is 9.59 Å². The molecule has 2 amide bonds. The minimum absolute atomic E-state index is 0.0530. The molecule has 1 aromatic heterocycles. The van der Waals surface area contributed by atoms with Crippen LogP contribution in [0, 0.1) is 5.92 Å². The fourth-order valence-electron chi connectivity index (χ4n) is 4.90. The summed E-state index contributed by atoms with van der Waals surface area (Å²) in [6, 6.07) is 9.44. The van der Waals surface area contributed by atoms with Gasteiger partial charge in [-0.25, -0.2) is 4.68 Å². The molecule has 0 bridgehead atoms. The highest BCUT2D eigenvalue weighted by molar-refractivity contribution is 5.88. The van der Waals surface area contributed by atoms with Crippen molar-refractivity contribution in [2.45, 2.75) is 83.5 Å². The van der Waals surface area contributed by atoms with Gasteiger partial charge in [-0.15, -0.1) is 5.10 Å². The lowest BCUT2D eigenvalue weighted by molar-refractivity contribution is -0.148.